The molecule has 1 amide bonds. The van der Waals surface area contributed by atoms with Gasteiger partial charge in [0.15, 0.2) is 6.10 Å². The van der Waals surface area contributed by atoms with Crippen LogP contribution in [0.3, 0.4) is 0 Å². The molecule has 1 saturated heterocycles. The Balaban J connectivity index is 2.16. The summed E-state index contributed by atoms with van der Waals surface area (Å²) in [5, 5.41) is 10.6. The Morgan fingerprint density at radius 2 is 2.04 bits per heavy atom. The summed E-state index contributed by atoms with van der Waals surface area (Å²) in [4.78, 5) is 17.2. The highest BCUT2D eigenvalue weighted by Gasteiger charge is 2.31. The van der Waals surface area contributed by atoms with Crippen LogP contribution in [0.25, 0.3) is 0 Å². The first-order valence-electron chi connectivity index (χ1n) is 8.73. The average Bonchev–Trinajstić information content (AvgIpc) is 2.59. The summed E-state index contributed by atoms with van der Waals surface area (Å²) in [5.74, 6) is 0.812. The van der Waals surface area contributed by atoms with Crippen LogP contribution in [0.2, 0.25) is 0 Å². The van der Waals surface area contributed by atoms with Crippen molar-refractivity contribution < 1.29 is 14.6 Å². The Labute approximate surface area is 145 Å². The lowest BCUT2D eigenvalue weighted by molar-refractivity contribution is -0.144. The number of hydrogen-bond donors (Lipinski definition) is 1. The molecule has 1 N–H and O–H groups in total. The van der Waals surface area contributed by atoms with Crippen LogP contribution in [-0.2, 0) is 4.79 Å². The molecule has 1 fully saturated rings. The van der Waals surface area contributed by atoms with Gasteiger partial charge in [0.05, 0.1) is 7.11 Å². The summed E-state index contributed by atoms with van der Waals surface area (Å²) < 4.78 is 5.20. The Bertz CT molecular complexity index is 539. The van der Waals surface area contributed by atoms with E-state index in [1.165, 1.54) is 0 Å². The summed E-state index contributed by atoms with van der Waals surface area (Å²) in [6.45, 7) is 6.86. The van der Waals surface area contributed by atoms with E-state index < -0.39 is 6.10 Å². The molecular formula is C19H30N2O3. The number of ether oxygens (including phenoxy) is 1. The average molecular weight is 334 g/mol. The summed E-state index contributed by atoms with van der Waals surface area (Å²) >= 11 is 0. The number of rotatable bonds is 6. The molecule has 5 heteroatoms. The van der Waals surface area contributed by atoms with Crippen molar-refractivity contribution in [2.45, 2.75) is 38.8 Å². The zero-order valence-corrected chi connectivity index (χ0v) is 15.2. The van der Waals surface area contributed by atoms with E-state index in [4.69, 9.17) is 4.74 Å². The summed E-state index contributed by atoms with van der Waals surface area (Å²) in [7, 11) is 3.69. The number of likely N-dealkylation sites (tertiary alicyclic amines) is 1. The number of carbonyl (C=O) groups excluding carboxylic acids is 1. The maximum atomic E-state index is 13.0. The molecule has 1 heterocycles. The maximum Gasteiger partial charge on any atom is 0.256 e. The van der Waals surface area contributed by atoms with Crippen LogP contribution in [0.5, 0.6) is 5.75 Å². The van der Waals surface area contributed by atoms with E-state index in [9.17, 15) is 9.90 Å². The highest BCUT2D eigenvalue weighted by atomic mass is 16.5. The van der Waals surface area contributed by atoms with Crippen LogP contribution in [0.1, 0.15) is 38.4 Å². The second-order valence-corrected chi connectivity index (χ2v) is 7.10. The van der Waals surface area contributed by atoms with Gasteiger partial charge in [-0.3, -0.25) is 4.79 Å². The van der Waals surface area contributed by atoms with Crippen molar-refractivity contribution in [2.75, 3.05) is 33.8 Å². The molecule has 24 heavy (non-hydrogen) atoms. The van der Waals surface area contributed by atoms with E-state index in [1.807, 2.05) is 11.0 Å². The first-order valence-corrected chi connectivity index (χ1v) is 8.73. The Kier molecular flexibility index (Phi) is 6.63. The molecule has 1 unspecified atom stereocenters. The van der Waals surface area contributed by atoms with Crippen molar-refractivity contribution in [3.05, 3.63) is 29.8 Å². The zero-order chi connectivity index (χ0) is 17.7. The van der Waals surface area contributed by atoms with Gasteiger partial charge in [0.1, 0.15) is 5.75 Å². The second kappa shape index (κ2) is 8.49. The number of benzene rings is 1. The molecule has 0 spiro atoms. The highest BCUT2D eigenvalue weighted by Crippen LogP contribution is 2.25. The van der Waals surface area contributed by atoms with Crippen LogP contribution in [0, 0.1) is 5.92 Å². The Morgan fingerprint density at radius 1 is 1.38 bits per heavy atom. The van der Waals surface area contributed by atoms with Crippen molar-refractivity contribution in [3.8, 4) is 5.75 Å². The Hall–Kier alpha value is -1.59. The van der Waals surface area contributed by atoms with Gasteiger partial charge in [-0.2, -0.15) is 0 Å². The number of aliphatic hydroxyl groups is 1. The summed E-state index contributed by atoms with van der Waals surface area (Å²) in [6.07, 6.45) is 0.776. The third-order valence-electron chi connectivity index (χ3n) is 4.62. The lowest BCUT2D eigenvalue weighted by Crippen LogP contribution is -2.49. The number of methoxy groups -OCH3 is 1. The number of carbonyl (C=O) groups is 1. The fraction of sp³-hybridized carbons (Fsp3) is 0.632. The van der Waals surface area contributed by atoms with Gasteiger partial charge in [-0.15, -0.1) is 0 Å². The minimum absolute atomic E-state index is 0.202. The molecule has 0 bridgehead atoms. The van der Waals surface area contributed by atoms with Crippen LogP contribution in [0.4, 0.5) is 0 Å². The fourth-order valence-electron chi connectivity index (χ4n) is 3.23. The van der Waals surface area contributed by atoms with Gasteiger partial charge < -0.3 is 19.6 Å². The van der Waals surface area contributed by atoms with E-state index >= 15 is 0 Å². The normalized spacial score (nSPS) is 17.8. The molecule has 0 saturated carbocycles. The van der Waals surface area contributed by atoms with Gasteiger partial charge in [-0.05, 0) is 56.6 Å². The summed E-state index contributed by atoms with van der Waals surface area (Å²) in [5.41, 5.74) is 0.584. The third-order valence-corrected chi connectivity index (χ3v) is 4.62. The second-order valence-electron chi connectivity index (χ2n) is 7.10. The molecule has 1 aromatic rings. The smallest absolute Gasteiger partial charge is 0.256 e. The van der Waals surface area contributed by atoms with Crippen LogP contribution < -0.4 is 4.74 Å². The predicted molar refractivity (Wildman–Crippen MR) is 95.0 cm³/mol. The van der Waals surface area contributed by atoms with Crippen LogP contribution in [-0.4, -0.2) is 60.6 Å². The minimum atomic E-state index is -1.14. The van der Waals surface area contributed by atoms with Crippen molar-refractivity contribution in [1.29, 1.82) is 0 Å². The maximum absolute atomic E-state index is 13.0. The van der Waals surface area contributed by atoms with E-state index in [0.29, 0.717) is 23.8 Å². The third kappa shape index (κ3) is 4.71. The molecule has 5 nitrogen and oxygen atoms in total. The lowest BCUT2D eigenvalue weighted by atomic mass is 9.99. The quantitative estimate of drug-likeness (QED) is 0.867. The first kappa shape index (κ1) is 18.7. The van der Waals surface area contributed by atoms with E-state index in [1.54, 1.807) is 25.3 Å². The van der Waals surface area contributed by atoms with Crippen molar-refractivity contribution in [3.63, 3.8) is 0 Å². The van der Waals surface area contributed by atoms with E-state index in [2.05, 4.69) is 25.8 Å². The SMILES string of the molecule is COc1cccc(C(O)C(=O)N(CC(C)C)C2CCN(C)CC2)c1. The molecule has 0 aliphatic carbocycles. The first-order chi connectivity index (χ1) is 11.4. The van der Waals surface area contributed by atoms with Crippen LogP contribution >= 0.6 is 0 Å². The predicted octanol–water partition coefficient (Wildman–Crippen LogP) is 2.31. The minimum Gasteiger partial charge on any atom is -0.497 e. The van der Waals surface area contributed by atoms with Gasteiger partial charge in [-0.25, -0.2) is 0 Å². The topological polar surface area (TPSA) is 53.0 Å². The number of hydrogen-bond acceptors (Lipinski definition) is 4. The highest BCUT2D eigenvalue weighted by molar-refractivity contribution is 5.82. The molecule has 0 aromatic heterocycles. The van der Waals surface area contributed by atoms with Gasteiger partial charge in [-0.1, -0.05) is 26.0 Å². The molecule has 0 radical (unpaired) electrons. The molecule has 1 aromatic carbocycles. The molecule has 134 valence electrons. The van der Waals surface area contributed by atoms with Gasteiger partial charge in [0.25, 0.3) is 5.91 Å². The molecular weight excluding hydrogens is 304 g/mol. The number of nitrogens with zero attached hydrogens (tertiary/aromatic N) is 2. The zero-order valence-electron chi connectivity index (χ0n) is 15.2. The largest absolute Gasteiger partial charge is 0.497 e. The van der Waals surface area contributed by atoms with Crippen molar-refractivity contribution >= 4 is 5.91 Å². The molecule has 1 aliphatic heterocycles. The van der Waals surface area contributed by atoms with Gasteiger partial charge >= 0.3 is 0 Å². The Morgan fingerprint density at radius 3 is 2.62 bits per heavy atom. The van der Waals surface area contributed by atoms with Crippen molar-refractivity contribution in [1.82, 2.24) is 9.80 Å². The summed E-state index contributed by atoms with van der Waals surface area (Å²) in [6, 6.07) is 7.31. The molecule has 1 atom stereocenters. The van der Waals surface area contributed by atoms with E-state index in [-0.39, 0.29) is 11.9 Å². The molecule has 2 rings (SSSR count). The standard InChI is InChI=1S/C19H30N2O3/c1-14(2)13-21(16-8-10-20(3)11-9-16)19(23)18(22)15-6-5-7-17(12-15)24-4/h5-7,12,14,16,18,22H,8-11,13H2,1-4H3. The monoisotopic (exact) mass is 334 g/mol. The lowest BCUT2D eigenvalue weighted by Gasteiger charge is -2.39. The number of aliphatic hydroxyl groups excluding tert-OH is 1. The van der Waals surface area contributed by atoms with Gasteiger partial charge in [0, 0.05) is 12.6 Å². The number of amides is 1. The van der Waals surface area contributed by atoms with Crippen LogP contribution in [0.15, 0.2) is 24.3 Å². The van der Waals surface area contributed by atoms with Crippen molar-refractivity contribution in [2.24, 2.45) is 5.92 Å². The van der Waals surface area contributed by atoms with Gasteiger partial charge in [0.2, 0.25) is 0 Å². The number of piperidine rings is 1. The molecule has 1 aliphatic rings. The van der Waals surface area contributed by atoms with E-state index in [0.717, 1.165) is 25.9 Å². The fourth-order valence-corrected chi connectivity index (χ4v) is 3.23.